The summed E-state index contributed by atoms with van der Waals surface area (Å²) in [6.07, 6.45) is 1.51. The van der Waals surface area contributed by atoms with E-state index in [1.54, 1.807) is 7.11 Å². The van der Waals surface area contributed by atoms with Crippen LogP contribution < -0.4 is 10.5 Å². The molecule has 2 aromatic carbocycles. The highest BCUT2D eigenvalue weighted by Crippen LogP contribution is 2.36. The van der Waals surface area contributed by atoms with Crippen molar-refractivity contribution in [1.29, 1.82) is 0 Å². The van der Waals surface area contributed by atoms with Crippen LogP contribution in [0.15, 0.2) is 47.1 Å². The van der Waals surface area contributed by atoms with Gasteiger partial charge in [0.25, 0.3) is 0 Å². The third-order valence-electron chi connectivity index (χ3n) is 2.95. The van der Waals surface area contributed by atoms with Gasteiger partial charge in [0.2, 0.25) is 0 Å². The molecule has 1 aromatic heterocycles. The number of rotatable bonds is 2. The van der Waals surface area contributed by atoms with Crippen LogP contribution in [0, 0.1) is 0 Å². The molecule has 3 aromatic rings. The molecule has 0 atom stereocenters. The molecule has 0 amide bonds. The molecule has 0 bridgehead atoms. The molecule has 1 heterocycles. The number of methoxy groups -OCH3 is 1. The Morgan fingerprint density at radius 2 is 1.89 bits per heavy atom. The van der Waals surface area contributed by atoms with Crippen molar-refractivity contribution in [3.8, 4) is 17.1 Å². The molecule has 0 aliphatic heterocycles. The van der Waals surface area contributed by atoms with Crippen LogP contribution in [-0.4, -0.2) is 12.3 Å². The zero-order valence-corrected chi connectivity index (χ0v) is 9.88. The average molecular weight is 240 g/mol. The molecule has 0 spiro atoms. The topological polar surface area (TPSA) is 61.3 Å². The first kappa shape index (κ1) is 10.7. The van der Waals surface area contributed by atoms with Gasteiger partial charge in [0.1, 0.15) is 11.4 Å². The first-order valence-corrected chi connectivity index (χ1v) is 5.57. The predicted molar refractivity (Wildman–Crippen MR) is 70.4 cm³/mol. The second-order valence-corrected chi connectivity index (χ2v) is 3.97. The SMILES string of the molecule is COc1ccc(-c2oncc2N)c2ccccc12. The fourth-order valence-electron chi connectivity index (χ4n) is 2.10. The van der Waals surface area contributed by atoms with Crippen LogP contribution in [0.25, 0.3) is 22.1 Å². The fourth-order valence-corrected chi connectivity index (χ4v) is 2.10. The molecule has 2 N–H and O–H groups in total. The van der Waals surface area contributed by atoms with E-state index in [-0.39, 0.29) is 0 Å². The van der Waals surface area contributed by atoms with Gasteiger partial charge in [0.05, 0.1) is 13.3 Å². The molecule has 4 nitrogen and oxygen atoms in total. The van der Waals surface area contributed by atoms with E-state index in [0.29, 0.717) is 11.4 Å². The van der Waals surface area contributed by atoms with Crippen LogP contribution in [0.4, 0.5) is 5.69 Å². The molecule has 0 aliphatic carbocycles. The Morgan fingerprint density at radius 3 is 2.56 bits per heavy atom. The molecule has 0 saturated heterocycles. The smallest absolute Gasteiger partial charge is 0.190 e. The number of aromatic nitrogens is 1. The van der Waals surface area contributed by atoms with Crippen molar-refractivity contribution in [2.75, 3.05) is 12.8 Å². The van der Waals surface area contributed by atoms with Gasteiger partial charge in [-0.2, -0.15) is 0 Å². The zero-order chi connectivity index (χ0) is 12.5. The van der Waals surface area contributed by atoms with Crippen LogP contribution >= 0.6 is 0 Å². The number of hydrogen-bond acceptors (Lipinski definition) is 4. The van der Waals surface area contributed by atoms with Crippen molar-refractivity contribution in [2.24, 2.45) is 0 Å². The number of nitrogens with zero attached hydrogens (tertiary/aromatic N) is 1. The zero-order valence-electron chi connectivity index (χ0n) is 9.88. The van der Waals surface area contributed by atoms with E-state index in [1.165, 1.54) is 6.20 Å². The molecule has 0 saturated carbocycles. The van der Waals surface area contributed by atoms with Gasteiger partial charge in [0, 0.05) is 10.9 Å². The fraction of sp³-hybridized carbons (Fsp3) is 0.0714. The molecule has 3 rings (SSSR count). The molecule has 18 heavy (non-hydrogen) atoms. The maximum Gasteiger partial charge on any atom is 0.190 e. The van der Waals surface area contributed by atoms with Crippen molar-refractivity contribution < 1.29 is 9.26 Å². The van der Waals surface area contributed by atoms with Crippen molar-refractivity contribution in [3.63, 3.8) is 0 Å². The van der Waals surface area contributed by atoms with Gasteiger partial charge >= 0.3 is 0 Å². The highest BCUT2D eigenvalue weighted by molar-refractivity contribution is 6.00. The van der Waals surface area contributed by atoms with Crippen LogP contribution in [0.1, 0.15) is 0 Å². The normalized spacial score (nSPS) is 10.7. The summed E-state index contributed by atoms with van der Waals surface area (Å²) < 4.78 is 10.6. The Hall–Kier alpha value is -2.49. The molecule has 90 valence electrons. The number of hydrogen-bond donors (Lipinski definition) is 1. The second-order valence-electron chi connectivity index (χ2n) is 3.97. The van der Waals surface area contributed by atoms with E-state index < -0.39 is 0 Å². The van der Waals surface area contributed by atoms with E-state index >= 15 is 0 Å². The van der Waals surface area contributed by atoms with E-state index in [1.807, 2.05) is 36.4 Å². The number of benzene rings is 2. The highest BCUT2D eigenvalue weighted by atomic mass is 16.5. The van der Waals surface area contributed by atoms with Gasteiger partial charge in [-0.3, -0.25) is 0 Å². The van der Waals surface area contributed by atoms with Gasteiger partial charge in [-0.25, -0.2) is 0 Å². The molecule has 0 unspecified atom stereocenters. The number of fused-ring (bicyclic) bond motifs is 1. The molecule has 0 fully saturated rings. The van der Waals surface area contributed by atoms with Crippen LogP contribution in [-0.2, 0) is 0 Å². The summed E-state index contributed by atoms with van der Waals surface area (Å²) in [4.78, 5) is 0. The Morgan fingerprint density at radius 1 is 1.11 bits per heavy atom. The second kappa shape index (κ2) is 4.07. The third kappa shape index (κ3) is 1.50. The molecule has 4 heteroatoms. The number of nitrogen functional groups attached to an aromatic ring is 1. The minimum Gasteiger partial charge on any atom is -0.496 e. The Labute approximate surface area is 104 Å². The molecule has 0 aliphatic rings. The minimum absolute atomic E-state index is 0.533. The lowest BCUT2D eigenvalue weighted by Crippen LogP contribution is -1.89. The van der Waals surface area contributed by atoms with Gasteiger partial charge < -0.3 is 15.0 Å². The van der Waals surface area contributed by atoms with Crippen molar-refractivity contribution in [1.82, 2.24) is 5.16 Å². The lowest BCUT2D eigenvalue weighted by molar-refractivity contribution is 0.419. The van der Waals surface area contributed by atoms with Gasteiger partial charge in [-0.15, -0.1) is 0 Å². The number of ether oxygens (including phenoxy) is 1. The maximum absolute atomic E-state index is 5.85. The van der Waals surface area contributed by atoms with E-state index in [2.05, 4.69) is 5.16 Å². The third-order valence-corrected chi connectivity index (χ3v) is 2.95. The summed E-state index contributed by atoms with van der Waals surface area (Å²) in [6, 6.07) is 11.8. The maximum atomic E-state index is 5.85. The Balaban J connectivity index is 2.35. The number of anilines is 1. The highest BCUT2D eigenvalue weighted by Gasteiger charge is 2.13. The summed E-state index contributed by atoms with van der Waals surface area (Å²) in [6.45, 7) is 0. The van der Waals surface area contributed by atoms with Gasteiger partial charge in [0.15, 0.2) is 5.76 Å². The average Bonchev–Trinajstić information content (AvgIpc) is 2.83. The summed E-state index contributed by atoms with van der Waals surface area (Å²) in [5, 5.41) is 5.77. The van der Waals surface area contributed by atoms with Crippen LogP contribution in [0.3, 0.4) is 0 Å². The molecule has 0 radical (unpaired) electrons. The molecular formula is C14H12N2O2. The van der Waals surface area contributed by atoms with Crippen molar-refractivity contribution in [2.45, 2.75) is 0 Å². The largest absolute Gasteiger partial charge is 0.496 e. The first-order chi connectivity index (χ1) is 8.81. The summed E-state index contributed by atoms with van der Waals surface area (Å²) in [5.41, 5.74) is 7.30. The summed E-state index contributed by atoms with van der Waals surface area (Å²) in [7, 11) is 1.66. The lowest BCUT2D eigenvalue weighted by Gasteiger charge is -2.08. The number of nitrogens with two attached hydrogens (primary N) is 1. The van der Waals surface area contributed by atoms with Crippen molar-refractivity contribution in [3.05, 3.63) is 42.6 Å². The monoisotopic (exact) mass is 240 g/mol. The Kier molecular flexibility index (Phi) is 2.41. The standard InChI is InChI=1S/C14H12N2O2/c1-17-13-7-6-11(14-12(15)8-16-18-14)9-4-2-3-5-10(9)13/h2-8H,15H2,1H3. The lowest BCUT2D eigenvalue weighted by atomic mass is 10.0. The van der Waals surface area contributed by atoms with E-state index in [0.717, 1.165) is 22.1 Å². The predicted octanol–water partition coefficient (Wildman–Crippen LogP) is 3.09. The van der Waals surface area contributed by atoms with Crippen molar-refractivity contribution >= 4 is 16.5 Å². The molecular weight excluding hydrogens is 228 g/mol. The summed E-state index contributed by atoms with van der Waals surface area (Å²) in [5.74, 6) is 1.42. The minimum atomic E-state index is 0.533. The van der Waals surface area contributed by atoms with Gasteiger partial charge in [-0.05, 0) is 17.5 Å². The van der Waals surface area contributed by atoms with Gasteiger partial charge in [-0.1, -0.05) is 29.4 Å². The van der Waals surface area contributed by atoms with E-state index in [9.17, 15) is 0 Å². The van der Waals surface area contributed by atoms with Crippen LogP contribution in [0.2, 0.25) is 0 Å². The van der Waals surface area contributed by atoms with Crippen LogP contribution in [0.5, 0.6) is 5.75 Å². The first-order valence-electron chi connectivity index (χ1n) is 5.57. The Bertz CT molecular complexity index is 704. The summed E-state index contributed by atoms with van der Waals surface area (Å²) >= 11 is 0. The quantitative estimate of drug-likeness (QED) is 0.747. The van der Waals surface area contributed by atoms with E-state index in [4.69, 9.17) is 15.0 Å².